The lowest BCUT2D eigenvalue weighted by Gasteiger charge is -2.34. The van der Waals surface area contributed by atoms with Crippen molar-refractivity contribution < 1.29 is 27.9 Å². The zero-order chi connectivity index (χ0) is 18.9. The monoisotopic (exact) mass is 389 g/mol. The Morgan fingerprint density at radius 2 is 1.96 bits per heavy atom. The number of carbonyl (C=O) groups excluding carboxylic acids is 1. The number of hydrogen-bond donors (Lipinski definition) is 1. The maximum atomic E-state index is 13.1. The first-order chi connectivity index (χ1) is 11.6. The van der Waals surface area contributed by atoms with Crippen LogP contribution in [0.2, 0.25) is 5.02 Å². The molecule has 0 bridgehead atoms. The van der Waals surface area contributed by atoms with Crippen molar-refractivity contribution in [3.63, 3.8) is 0 Å². The summed E-state index contributed by atoms with van der Waals surface area (Å²) in [6, 6.07) is 2.57. The van der Waals surface area contributed by atoms with E-state index < -0.39 is 27.9 Å². The van der Waals surface area contributed by atoms with E-state index in [0.717, 1.165) is 4.31 Å². The summed E-state index contributed by atoms with van der Waals surface area (Å²) in [6.45, 7) is 3.45. The molecule has 1 fully saturated rings. The molecule has 0 aromatic heterocycles. The Balaban J connectivity index is 2.50. The number of benzene rings is 1. The van der Waals surface area contributed by atoms with Crippen LogP contribution in [0.15, 0.2) is 17.0 Å². The van der Waals surface area contributed by atoms with E-state index in [2.05, 4.69) is 4.74 Å². The van der Waals surface area contributed by atoms with Gasteiger partial charge in [0.25, 0.3) is 0 Å². The highest BCUT2D eigenvalue weighted by molar-refractivity contribution is 7.89. The van der Waals surface area contributed by atoms with Gasteiger partial charge >= 0.3 is 11.9 Å². The molecular weight excluding hydrogens is 370 g/mol. The van der Waals surface area contributed by atoms with Gasteiger partial charge in [0, 0.05) is 18.1 Å². The highest BCUT2D eigenvalue weighted by Crippen LogP contribution is 2.32. The maximum absolute atomic E-state index is 13.1. The van der Waals surface area contributed by atoms with E-state index in [-0.39, 0.29) is 34.5 Å². The zero-order valence-corrected chi connectivity index (χ0v) is 15.7. The fraction of sp³-hybridized carbons (Fsp3) is 0.500. The summed E-state index contributed by atoms with van der Waals surface area (Å²) in [5.41, 5.74) is 0.330. The van der Waals surface area contributed by atoms with Gasteiger partial charge in [-0.05, 0) is 37.0 Å². The number of ether oxygens (including phenoxy) is 1. The maximum Gasteiger partial charge on any atom is 0.337 e. The Morgan fingerprint density at radius 1 is 1.32 bits per heavy atom. The molecular formula is C16H20ClNO6S. The minimum absolute atomic E-state index is 0.0246. The van der Waals surface area contributed by atoms with Crippen LogP contribution < -0.4 is 0 Å². The second-order valence-electron chi connectivity index (χ2n) is 6.27. The smallest absolute Gasteiger partial charge is 0.337 e. The number of aliphatic carboxylic acids is 1. The van der Waals surface area contributed by atoms with Crippen LogP contribution in [-0.4, -0.2) is 50.0 Å². The summed E-state index contributed by atoms with van der Waals surface area (Å²) >= 11 is 6.09. The van der Waals surface area contributed by atoms with Crippen LogP contribution in [0.25, 0.3) is 0 Å². The Labute approximate surface area is 151 Å². The molecule has 1 saturated heterocycles. The second-order valence-corrected chi connectivity index (χ2v) is 8.58. The van der Waals surface area contributed by atoms with Crippen LogP contribution in [0.3, 0.4) is 0 Å². The predicted octanol–water partition coefficient (Wildman–Crippen LogP) is 2.17. The minimum atomic E-state index is -4.00. The lowest BCUT2D eigenvalue weighted by Crippen LogP contribution is -2.45. The Morgan fingerprint density at radius 3 is 2.52 bits per heavy atom. The Bertz CT molecular complexity index is 807. The molecule has 0 amide bonds. The summed E-state index contributed by atoms with van der Waals surface area (Å²) in [4.78, 5) is 23.0. The summed E-state index contributed by atoms with van der Waals surface area (Å²) in [7, 11) is -2.81. The molecule has 0 radical (unpaired) electrons. The minimum Gasteiger partial charge on any atom is -0.481 e. The first kappa shape index (κ1) is 19.7. The number of carboxylic acids is 1. The van der Waals surface area contributed by atoms with Crippen LogP contribution in [0.1, 0.15) is 29.3 Å². The molecule has 7 nitrogen and oxygen atoms in total. The molecule has 0 spiro atoms. The number of methoxy groups -OCH3 is 1. The molecule has 2 rings (SSSR count). The number of halogens is 1. The van der Waals surface area contributed by atoms with E-state index in [1.54, 1.807) is 6.92 Å². The average molecular weight is 390 g/mol. The second kappa shape index (κ2) is 7.31. The average Bonchev–Trinajstić information content (AvgIpc) is 2.55. The van der Waals surface area contributed by atoms with Crippen molar-refractivity contribution in [2.75, 3.05) is 20.2 Å². The van der Waals surface area contributed by atoms with E-state index >= 15 is 0 Å². The van der Waals surface area contributed by atoms with Gasteiger partial charge in [0.2, 0.25) is 10.0 Å². The topological polar surface area (TPSA) is 101 Å². The number of hydrogen-bond acceptors (Lipinski definition) is 5. The molecule has 2 unspecified atom stereocenters. The quantitative estimate of drug-likeness (QED) is 0.792. The fourth-order valence-electron chi connectivity index (χ4n) is 2.97. The first-order valence-electron chi connectivity index (χ1n) is 7.69. The summed E-state index contributed by atoms with van der Waals surface area (Å²) in [5, 5.41) is 9.38. The highest BCUT2D eigenvalue weighted by atomic mass is 35.5. The highest BCUT2D eigenvalue weighted by Gasteiger charge is 2.37. The van der Waals surface area contributed by atoms with Gasteiger partial charge in [0.05, 0.1) is 23.5 Å². The Kier molecular flexibility index (Phi) is 5.75. The van der Waals surface area contributed by atoms with Crippen LogP contribution in [0.4, 0.5) is 0 Å². The van der Waals surface area contributed by atoms with Crippen molar-refractivity contribution >= 4 is 33.6 Å². The number of piperidine rings is 1. The molecule has 1 aliphatic heterocycles. The van der Waals surface area contributed by atoms with Crippen molar-refractivity contribution in [3.8, 4) is 0 Å². The lowest BCUT2D eigenvalue weighted by atomic mass is 9.92. The number of esters is 1. The number of rotatable bonds is 4. The predicted molar refractivity (Wildman–Crippen MR) is 91.2 cm³/mol. The van der Waals surface area contributed by atoms with Crippen molar-refractivity contribution in [1.82, 2.24) is 4.31 Å². The molecule has 1 aromatic rings. The van der Waals surface area contributed by atoms with Gasteiger partial charge in [0.1, 0.15) is 0 Å². The summed E-state index contributed by atoms with van der Waals surface area (Å²) < 4.78 is 31.9. The third kappa shape index (κ3) is 3.96. The number of carboxylic acid groups (broad SMARTS) is 1. The molecule has 2 atom stereocenters. The van der Waals surface area contributed by atoms with Gasteiger partial charge in [-0.2, -0.15) is 4.31 Å². The molecule has 25 heavy (non-hydrogen) atoms. The number of nitrogens with zero attached hydrogens (tertiary/aromatic N) is 1. The first-order valence-corrected chi connectivity index (χ1v) is 9.51. The van der Waals surface area contributed by atoms with Gasteiger partial charge in [0.15, 0.2) is 0 Å². The molecule has 1 N–H and O–H groups in total. The number of sulfonamides is 1. The van der Waals surface area contributed by atoms with Crippen LogP contribution >= 0.6 is 11.6 Å². The third-order valence-corrected chi connectivity index (χ3v) is 6.66. The normalized spacial score (nSPS) is 21.8. The summed E-state index contributed by atoms with van der Waals surface area (Å²) in [5.74, 6) is -2.58. The van der Waals surface area contributed by atoms with E-state index in [1.165, 1.54) is 19.2 Å². The van der Waals surface area contributed by atoms with Gasteiger partial charge < -0.3 is 9.84 Å². The third-order valence-electron chi connectivity index (χ3n) is 4.31. The van der Waals surface area contributed by atoms with Gasteiger partial charge in [-0.25, -0.2) is 13.2 Å². The van der Waals surface area contributed by atoms with E-state index in [4.69, 9.17) is 11.6 Å². The van der Waals surface area contributed by atoms with Crippen molar-refractivity contribution in [2.24, 2.45) is 11.8 Å². The largest absolute Gasteiger partial charge is 0.481 e. The van der Waals surface area contributed by atoms with E-state index in [0.29, 0.717) is 12.0 Å². The van der Waals surface area contributed by atoms with Gasteiger partial charge in [-0.1, -0.05) is 18.5 Å². The summed E-state index contributed by atoms with van der Waals surface area (Å²) in [6.07, 6.45) is 0.420. The fourth-order valence-corrected chi connectivity index (χ4v) is 5.13. The molecule has 1 aliphatic rings. The van der Waals surface area contributed by atoms with Crippen molar-refractivity contribution in [1.29, 1.82) is 0 Å². The molecule has 1 heterocycles. The Hall–Kier alpha value is -1.64. The molecule has 0 aliphatic carbocycles. The van der Waals surface area contributed by atoms with Crippen molar-refractivity contribution in [2.45, 2.75) is 25.2 Å². The standard InChI is InChI=1S/C16H20ClNO6S/c1-9-4-12(15(19)20)8-18(7-9)25(22,23)14-6-11(16(21)24-3)5-13(17)10(14)2/h5-6,9,12H,4,7-8H2,1-3H3,(H,19,20). The molecule has 9 heteroatoms. The van der Waals surface area contributed by atoms with Gasteiger partial charge in [-0.15, -0.1) is 0 Å². The van der Waals surface area contributed by atoms with E-state index in [9.17, 15) is 23.1 Å². The van der Waals surface area contributed by atoms with Gasteiger partial charge in [-0.3, -0.25) is 4.79 Å². The SMILES string of the molecule is COC(=O)c1cc(Cl)c(C)c(S(=O)(=O)N2CC(C)CC(C(=O)O)C2)c1. The molecule has 0 saturated carbocycles. The number of carbonyl (C=O) groups is 2. The van der Waals surface area contributed by atoms with Crippen LogP contribution in [0.5, 0.6) is 0 Å². The van der Waals surface area contributed by atoms with Crippen LogP contribution in [0, 0.1) is 18.8 Å². The van der Waals surface area contributed by atoms with Crippen molar-refractivity contribution in [3.05, 3.63) is 28.3 Å². The zero-order valence-electron chi connectivity index (χ0n) is 14.2. The lowest BCUT2D eigenvalue weighted by molar-refractivity contribution is -0.143. The molecule has 1 aromatic carbocycles. The van der Waals surface area contributed by atoms with E-state index in [1.807, 2.05) is 6.92 Å². The molecule has 138 valence electrons. The van der Waals surface area contributed by atoms with Crippen LogP contribution in [-0.2, 0) is 19.6 Å².